The number of piperazine rings is 1. The third-order valence-corrected chi connectivity index (χ3v) is 7.31. The number of H-pyrrole nitrogens is 1. The zero-order chi connectivity index (χ0) is 28.2. The SMILES string of the molecule is CN1CCN(C(=O)c2cccc(-c3cc4c(-c5ccc(NC=CC=O)cc5CN)ccc(C(N)=O)c4[nH]3)c2)CC1. The van der Waals surface area contributed by atoms with E-state index < -0.39 is 5.91 Å². The molecule has 0 bridgehead atoms. The number of likely N-dealkylation sites (N-methyl/N-ethyl adjacent to an activating group) is 1. The van der Waals surface area contributed by atoms with Crippen LogP contribution in [0.2, 0.25) is 0 Å². The van der Waals surface area contributed by atoms with Crippen LogP contribution >= 0.6 is 0 Å². The summed E-state index contributed by atoms with van der Waals surface area (Å²) < 4.78 is 0. The van der Waals surface area contributed by atoms with Crippen LogP contribution in [0.25, 0.3) is 33.3 Å². The molecule has 1 saturated heterocycles. The Labute approximate surface area is 232 Å². The minimum atomic E-state index is -0.537. The first-order valence-electron chi connectivity index (χ1n) is 13.1. The van der Waals surface area contributed by atoms with Crippen LogP contribution in [0.4, 0.5) is 5.69 Å². The maximum Gasteiger partial charge on any atom is 0.253 e. The largest absolute Gasteiger partial charge is 0.366 e. The third-order valence-electron chi connectivity index (χ3n) is 7.31. The fourth-order valence-corrected chi connectivity index (χ4v) is 5.13. The summed E-state index contributed by atoms with van der Waals surface area (Å²) in [5, 5.41) is 3.88. The summed E-state index contributed by atoms with van der Waals surface area (Å²) in [6.45, 7) is 3.38. The zero-order valence-corrected chi connectivity index (χ0v) is 22.3. The number of hydrogen-bond donors (Lipinski definition) is 4. The molecular weight excluding hydrogens is 504 g/mol. The first-order chi connectivity index (χ1) is 19.4. The Kier molecular flexibility index (Phi) is 7.77. The number of nitrogens with zero attached hydrogens (tertiary/aromatic N) is 2. The Morgan fingerprint density at radius 3 is 2.50 bits per heavy atom. The molecule has 9 heteroatoms. The van der Waals surface area contributed by atoms with Gasteiger partial charge in [-0.25, -0.2) is 0 Å². The Hall–Kier alpha value is -4.73. The molecule has 0 saturated carbocycles. The van der Waals surface area contributed by atoms with E-state index in [0.717, 1.165) is 52.1 Å². The monoisotopic (exact) mass is 536 g/mol. The second kappa shape index (κ2) is 11.6. The molecule has 204 valence electrons. The molecule has 4 aromatic rings. The summed E-state index contributed by atoms with van der Waals surface area (Å²) in [4.78, 5) is 43.6. The van der Waals surface area contributed by atoms with Crippen LogP contribution in [0.1, 0.15) is 26.3 Å². The van der Waals surface area contributed by atoms with E-state index in [4.69, 9.17) is 11.5 Å². The fourth-order valence-electron chi connectivity index (χ4n) is 5.13. The number of nitrogens with one attached hydrogen (secondary N) is 2. The van der Waals surface area contributed by atoms with Crippen molar-refractivity contribution in [3.8, 4) is 22.4 Å². The topological polar surface area (TPSA) is 138 Å². The van der Waals surface area contributed by atoms with Gasteiger partial charge < -0.3 is 31.6 Å². The number of aldehydes is 1. The van der Waals surface area contributed by atoms with E-state index in [1.807, 2.05) is 59.5 Å². The minimum Gasteiger partial charge on any atom is -0.366 e. The van der Waals surface area contributed by atoms with Gasteiger partial charge in [-0.15, -0.1) is 0 Å². The number of benzene rings is 3. The lowest BCUT2D eigenvalue weighted by molar-refractivity contribution is -0.104. The third kappa shape index (κ3) is 5.38. The predicted octanol–water partition coefficient (Wildman–Crippen LogP) is 3.57. The van der Waals surface area contributed by atoms with Crippen molar-refractivity contribution < 1.29 is 14.4 Å². The van der Waals surface area contributed by atoms with Crippen molar-refractivity contribution in [2.24, 2.45) is 11.5 Å². The molecule has 40 heavy (non-hydrogen) atoms. The van der Waals surface area contributed by atoms with Crippen LogP contribution in [0.15, 0.2) is 72.9 Å². The maximum atomic E-state index is 13.2. The van der Waals surface area contributed by atoms with Crippen molar-refractivity contribution in [3.63, 3.8) is 0 Å². The number of aromatic nitrogens is 1. The lowest BCUT2D eigenvalue weighted by Gasteiger charge is -2.32. The van der Waals surface area contributed by atoms with E-state index >= 15 is 0 Å². The average Bonchev–Trinajstić information content (AvgIpc) is 3.42. The van der Waals surface area contributed by atoms with E-state index in [1.54, 1.807) is 12.3 Å². The van der Waals surface area contributed by atoms with E-state index in [2.05, 4.69) is 22.2 Å². The molecule has 0 radical (unpaired) electrons. The molecule has 0 aliphatic carbocycles. The number of anilines is 1. The molecule has 2 amide bonds. The highest BCUT2D eigenvalue weighted by molar-refractivity contribution is 6.11. The first kappa shape index (κ1) is 26.9. The van der Waals surface area contributed by atoms with E-state index in [0.29, 0.717) is 36.0 Å². The molecule has 2 heterocycles. The van der Waals surface area contributed by atoms with Gasteiger partial charge in [-0.05, 0) is 71.8 Å². The summed E-state index contributed by atoms with van der Waals surface area (Å²) in [6, 6.07) is 18.9. The van der Waals surface area contributed by atoms with Crippen LogP contribution in [-0.2, 0) is 11.3 Å². The van der Waals surface area contributed by atoms with Crippen LogP contribution in [0.5, 0.6) is 0 Å². The Morgan fingerprint density at radius 2 is 1.77 bits per heavy atom. The van der Waals surface area contributed by atoms with Gasteiger partial charge in [-0.1, -0.05) is 24.3 Å². The van der Waals surface area contributed by atoms with Gasteiger partial charge in [-0.2, -0.15) is 0 Å². The van der Waals surface area contributed by atoms with Crippen LogP contribution in [0.3, 0.4) is 0 Å². The van der Waals surface area contributed by atoms with E-state index in [9.17, 15) is 14.4 Å². The number of amides is 2. The number of hydrogen-bond acceptors (Lipinski definition) is 6. The maximum absolute atomic E-state index is 13.2. The second-order valence-electron chi connectivity index (χ2n) is 9.89. The number of carbonyl (C=O) groups is 3. The van der Waals surface area contributed by atoms with Gasteiger partial charge in [0.1, 0.15) is 6.29 Å². The van der Waals surface area contributed by atoms with Gasteiger partial charge in [0.15, 0.2) is 0 Å². The highest BCUT2D eigenvalue weighted by atomic mass is 16.2. The molecule has 1 aliphatic heterocycles. The summed E-state index contributed by atoms with van der Waals surface area (Å²) in [5.41, 5.74) is 18.6. The number of rotatable bonds is 8. The highest BCUT2D eigenvalue weighted by Crippen LogP contribution is 2.36. The molecule has 9 nitrogen and oxygen atoms in total. The average molecular weight is 537 g/mol. The smallest absolute Gasteiger partial charge is 0.253 e. The van der Waals surface area contributed by atoms with Crippen LogP contribution in [0, 0.1) is 0 Å². The highest BCUT2D eigenvalue weighted by Gasteiger charge is 2.21. The molecule has 1 fully saturated rings. The molecule has 5 rings (SSSR count). The summed E-state index contributed by atoms with van der Waals surface area (Å²) in [7, 11) is 2.06. The van der Waals surface area contributed by atoms with Crippen LogP contribution < -0.4 is 16.8 Å². The van der Waals surface area contributed by atoms with Gasteiger partial charge in [0.2, 0.25) is 0 Å². The van der Waals surface area contributed by atoms with Crippen molar-refractivity contribution in [2.75, 3.05) is 38.5 Å². The Bertz CT molecular complexity index is 1610. The number of allylic oxidation sites excluding steroid dienone is 1. The molecule has 0 atom stereocenters. The molecule has 0 spiro atoms. The van der Waals surface area contributed by atoms with Crippen molar-refractivity contribution in [2.45, 2.75) is 6.54 Å². The molecule has 0 unspecified atom stereocenters. The molecule has 3 aromatic carbocycles. The zero-order valence-electron chi connectivity index (χ0n) is 22.3. The first-order valence-corrected chi connectivity index (χ1v) is 13.1. The standard InChI is InChI=1S/C31H32N6O3/c1-36-11-13-37(14-12-36)31(40)21-5-2-4-20(16-21)28-18-27-25(8-9-26(30(33)39)29(27)35-28)24-7-6-23(17-22(24)19-32)34-10-3-15-38/h2-10,15-18,34-35H,11-14,19,32H2,1H3,(H2,33,39). The van der Waals surface area contributed by atoms with Gasteiger partial charge in [0, 0.05) is 61.3 Å². The molecule has 1 aliphatic rings. The normalized spacial score (nSPS) is 14.1. The van der Waals surface area contributed by atoms with Crippen molar-refractivity contribution >= 4 is 34.7 Å². The minimum absolute atomic E-state index is 0.00819. The number of fused-ring (bicyclic) bond motifs is 1. The van der Waals surface area contributed by atoms with E-state index in [1.165, 1.54) is 6.08 Å². The number of aromatic amines is 1. The summed E-state index contributed by atoms with van der Waals surface area (Å²) >= 11 is 0. The Balaban J connectivity index is 1.56. The van der Waals surface area contributed by atoms with Gasteiger partial charge in [-0.3, -0.25) is 14.4 Å². The van der Waals surface area contributed by atoms with Gasteiger partial charge in [0.25, 0.3) is 11.8 Å². The fraction of sp³-hybridized carbons (Fsp3) is 0.194. The second-order valence-corrected chi connectivity index (χ2v) is 9.89. The van der Waals surface area contributed by atoms with Crippen LogP contribution in [-0.4, -0.2) is 66.1 Å². The Morgan fingerprint density at radius 1 is 1.00 bits per heavy atom. The predicted molar refractivity (Wildman–Crippen MR) is 158 cm³/mol. The van der Waals surface area contributed by atoms with Crippen molar-refractivity contribution in [1.82, 2.24) is 14.8 Å². The summed E-state index contributed by atoms with van der Waals surface area (Å²) in [5.74, 6) is -0.529. The van der Waals surface area contributed by atoms with Gasteiger partial charge in [0.05, 0.1) is 11.1 Å². The van der Waals surface area contributed by atoms with Gasteiger partial charge >= 0.3 is 0 Å². The molecule has 1 aromatic heterocycles. The number of nitrogens with two attached hydrogens (primary N) is 2. The van der Waals surface area contributed by atoms with Crippen molar-refractivity contribution in [3.05, 3.63) is 89.6 Å². The quantitative estimate of drug-likeness (QED) is 0.201. The number of primary amides is 1. The molecular formula is C31H32N6O3. The van der Waals surface area contributed by atoms with E-state index in [-0.39, 0.29) is 12.5 Å². The molecule has 6 N–H and O–H groups in total. The lowest BCUT2D eigenvalue weighted by Crippen LogP contribution is -2.47. The van der Waals surface area contributed by atoms with Crippen molar-refractivity contribution in [1.29, 1.82) is 0 Å². The lowest BCUT2D eigenvalue weighted by atomic mass is 9.94. The number of carbonyl (C=O) groups excluding carboxylic acids is 3. The summed E-state index contributed by atoms with van der Waals surface area (Å²) in [6.07, 6.45) is 3.63.